The first-order valence-corrected chi connectivity index (χ1v) is 9.61. The van der Waals surface area contributed by atoms with Crippen molar-refractivity contribution >= 4 is 23.2 Å². The Kier molecular flexibility index (Phi) is 4.98. The lowest BCUT2D eigenvalue weighted by Crippen LogP contribution is -2.38. The normalized spacial score (nSPS) is 13.1. The van der Waals surface area contributed by atoms with Gasteiger partial charge in [-0.1, -0.05) is 54.6 Å². The Morgan fingerprint density at radius 1 is 1.04 bits per heavy atom. The van der Waals surface area contributed by atoms with Crippen molar-refractivity contribution in [2.75, 3.05) is 13.2 Å². The Balaban J connectivity index is 1.34. The van der Waals surface area contributed by atoms with Crippen LogP contribution in [0, 0.1) is 0 Å². The van der Waals surface area contributed by atoms with Gasteiger partial charge in [-0.15, -0.1) is 11.3 Å². The zero-order chi connectivity index (χ0) is 18.6. The SMILES string of the molecule is O=C(OCC(=O)N1CCc2ccccc2C1)c1csc(-c2ccccc2)n1. The first-order chi connectivity index (χ1) is 13.2. The second-order valence-corrected chi connectivity index (χ2v) is 7.17. The number of benzene rings is 2. The third kappa shape index (κ3) is 3.90. The summed E-state index contributed by atoms with van der Waals surface area (Å²) in [5.41, 5.74) is 3.60. The first-order valence-electron chi connectivity index (χ1n) is 8.73. The van der Waals surface area contributed by atoms with Gasteiger partial charge in [0, 0.05) is 24.0 Å². The van der Waals surface area contributed by atoms with Gasteiger partial charge in [0.05, 0.1) is 0 Å². The predicted octanol–water partition coefficient (Wildman–Crippen LogP) is 3.55. The van der Waals surface area contributed by atoms with Crippen LogP contribution in [-0.4, -0.2) is 34.9 Å². The molecule has 27 heavy (non-hydrogen) atoms. The van der Waals surface area contributed by atoms with Crippen molar-refractivity contribution in [2.45, 2.75) is 13.0 Å². The summed E-state index contributed by atoms with van der Waals surface area (Å²) in [6.07, 6.45) is 0.822. The molecule has 1 aliphatic heterocycles. The van der Waals surface area contributed by atoms with Crippen molar-refractivity contribution < 1.29 is 14.3 Å². The summed E-state index contributed by atoms with van der Waals surface area (Å²) < 4.78 is 5.19. The summed E-state index contributed by atoms with van der Waals surface area (Å²) >= 11 is 1.38. The van der Waals surface area contributed by atoms with E-state index in [-0.39, 0.29) is 18.2 Å². The van der Waals surface area contributed by atoms with Crippen LogP contribution in [0.3, 0.4) is 0 Å². The molecule has 0 saturated heterocycles. The largest absolute Gasteiger partial charge is 0.451 e. The van der Waals surface area contributed by atoms with Crippen molar-refractivity contribution in [3.8, 4) is 10.6 Å². The van der Waals surface area contributed by atoms with Crippen LogP contribution in [0.15, 0.2) is 60.0 Å². The number of rotatable bonds is 4. The van der Waals surface area contributed by atoms with Crippen LogP contribution in [0.1, 0.15) is 21.6 Å². The fourth-order valence-corrected chi connectivity index (χ4v) is 3.88. The number of thiazole rings is 1. The molecule has 5 nitrogen and oxygen atoms in total. The Hall–Kier alpha value is -2.99. The molecule has 2 heterocycles. The maximum Gasteiger partial charge on any atom is 0.358 e. The van der Waals surface area contributed by atoms with Crippen LogP contribution < -0.4 is 0 Å². The van der Waals surface area contributed by atoms with Crippen molar-refractivity contribution in [1.82, 2.24) is 9.88 Å². The van der Waals surface area contributed by atoms with Crippen LogP contribution in [0.4, 0.5) is 0 Å². The van der Waals surface area contributed by atoms with Gasteiger partial charge in [-0.05, 0) is 17.5 Å². The lowest BCUT2D eigenvalue weighted by atomic mass is 10.00. The van der Waals surface area contributed by atoms with E-state index in [1.54, 1.807) is 10.3 Å². The fourth-order valence-electron chi connectivity index (χ4n) is 3.08. The number of esters is 1. The third-order valence-corrected chi connectivity index (χ3v) is 5.44. The maximum atomic E-state index is 12.4. The molecule has 6 heteroatoms. The smallest absolute Gasteiger partial charge is 0.358 e. The monoisotopic (exact) mass is 378 g/mol. The van der Waals surface area contributed by atoms with E-state index in [0.717, 1.165) is 22.6 Å². The van der Waals surface area contributed by atoms with Crippen LogP contribution in [-0.2, 0) is 22.5 Å². The number of carbonyl (C=O) groups excluding carboxylic acids is 2. The van der Waals surface area contributed by atoms with Gasteiger partial charge in [0.1, 0.15) is 5.01 Å². The lowest BCUT2D eigenvalue weighted by molar-refractivity contribution is -0.135. The number of ether oxygens (including phenoxy) is 1. The van der Waals surface area contributed by atoms with Gasteiger partial charge in [-0.25, -0.2) is 9.78 Å². The van der Waals surface area contributed by atoms with Crippen LogP contribution in [0.2, 0.25) is 0 Å². The Bertz CT molecular complexity index is 968. The van der Waals surface area contributed by atoms with E-state index in [9.17, 15) is 9.59 Å². The second-order valence-electron chi connectivity index (χ2n) is 6.31. The predicted molar refractivity (Wildman–Crippen MR) is 103 cm³/mol. The van der Waals surface area contributed by atoms with Gasteiger partial charge in [0.25, 0.3) is 5.91 Å². The fraction of sp³-hybridized carbons (Fsp3) is 0.190. The Morgan fingerprint density at radius 3 is 2.59 bits per heavy atom. The van der Waals surface area contributed by atoms with Crippen LogP contribution in [0.25, 0.3) is 10.6 Å². The minimum absolute atomic E-state index is 0.184. The van der Waals surface area contributed by atoms with E-state index in [4.69, 9.17) is 4.74 Å². The number of hydrogen-bond donors (Lipinski definition) is 0. The molecule has 3 aromatic rings. The van der Waals surface area contributed by atoms with E-state index in [1.807, 2.05) is 48.5 Å². The van der Waals surface area contributed by atoms with Gasteiger partial charge < -0.3 is 9.64 Å². The zero-order valence-corrected chi connectivity index (χ0v) is 15.4. The highest BCUT2D eigenvalue weighted by Crippen LogP contribution is 2.23. The molecule has 4 rings (SSSR count). The quantitative estimate of drug-likeness (QED) is 0.652. The van der Waals surface area contributed by atoms with Gasteiger partial charge in [0.15, 0.2) is 12.3 Å². The number of fused-ring (bicyclic) bond motifs is 1. The molecule has 1 aliphatic rings. The third-order valence-electron chi connectivity index (χ3n) is 4.54. The summed E-state index contributed by atoms with van der Waals surface area (Å²) in [4.78, 5) is 30.7. The van der Waals surface area contributed by atoms with Gasteiger partial charge >= 0.3 is 5.97 Å². The van der Waals surface area contributed by atoms with Crippen molar-refractivity contribution in [2.24, 2.45) is 0 Å². The van der Waals surface area contributed by atoms with E-state index in [2.05, 4.69) is 11.1 Å². The number of hydrogen-bond acceptors (Lipinski definition) is 5. The standard InChI is InChI=1S/C21H18N2O3S/c24-19(23-11-10-15-6-4-5-9-17(15)12-23)13-26-21(25)18-14-27-20(22-18)16-7-2-1-3-8-16/h1-9,14H,10-13H2. The molecule has 1 aromatic heterocycles. The summed E-state index contributed by atoms with van der Waals surface area (Å²) in [7, 11) is 0. The molecule has 0 saturated carbocycles. The molecule has 136 valence electrons. The highest BCUT2D eigenvalue weighted by atomic mass is 32.1. The molecule has 0 atom stereocenters. The van der Waals surface area contributed by atoms with E-state index >= 15 is 0 Å². The molecule has 0 unspecified atom stereocenters. The molecule has 0 radical (unpaired) electrons. The molecule has 0 spiro atoms. The van der Waals surface area contributed by atoms with Crippen molar-refractivity contribution in [1.29, 1.82) is 0 Å². The number of nitrogens with zero attached hydrogens (tertiary/aromatic N) is 2. The van der Waals surface area contributed by atoms with E-state index in [1.165, 1.54) is 16.9 Å². The maximum absolute atomic E-state index is 12.4. The summed E-state index contributed by atoms with van der Waals surface area (Å²) in [5, 5.41) is 2.41. The lowest BCUT2D eigenvalue weighted by Gasteiger charge is -2.28. The second kappa shape index (κ2) is 7.72. The number of amides is 1. The molecular formula is C21H18N2O3S. The van der Waals surface area contributed by atoms with Crippen LogP contribution in [0.5, 0.6) is 0 Å². The average Bonchev–Trinajstić information content (AvgIpc) is 3.22. The van der Waals surface area contributed by atoms with Gasteiger partial charge in [0.2, 0.25) is 0 Å². The van der Waals surface area contributed by atoms with Crippen molar-refractivity contribution in [3.05, 3.63) is 76.8 Å². The van der Waals surface area contributed by atoms with Crippen LogP contribution >= 0.6 is 11.3 Å². The minimum atomic E-state index is -0.570. The van der Waals surface area contributed by atoms with E-state index in [0.29, 0.717) is 13.1 Å². The molecule has 0 fully saturated rings. The summed E-state index contributed by atoms with van der Waals surface area (Å²) in [5.74, 6) is -0.754. The molecule has 0 N–H and O–H groups in total. The number of aromatic nitrogens is 1. The highest BCUT2D eigenvalue weighted by Gasteiger charge is 2.22. The molecule has 0 bridgehead atoms. The Labute approximate surface area is 161 Å². The zero-order valence-electron chi connectivity index (χ0n) is 14.6. The first kappa shape index (κ1) is 17.4. The average molecular weight is 378 g/mol. The molecule has 0 aliphatic carbocycles. The summed E-state index contributed by atoms with van der Waals surface area (Å²) in [6, 6.07) is 17.7. The highest BCUT2D eigenvalue weighted by molar-refractivity contribution is 7.13. The van der Waals surface area contributed by atoms with Crippen molar-refractivity contribution in [3.63, 3.8) is 0 Å². The van der Waals surface area contributed by atoms with Gasteiger partial charge in [-0.3, -0.25) is 4.79 Å². The molecule has 1 amide bonds. The topological polar surface area (TPSA) is 59.5 Å². The minimum Gasteiger partial charge on any atom is -0.451 e. The number of carbonyl (C=O) groups is 2. The van der Waals surface area contributed by atoms with E-state index < -0.39 is 5.97 Å². The molecular weight excluding hydrogens is 360 g/mol. The Morgan fingerprint density at radius 2 is 1.78 bits per heavy atom. The van der Waals surface area contributed by atoms with Gasteiger partial charge in [-0.2, -0.15) is 0 Å². The summed E-state index contributed by atoms with van der Waals surface area (Å²) in [6.45, 7) is 0.933. The molecule has 2 aromatic carbocycles.